The van der Waals surface area contributed by atoms with E-state index in [4.69, 9.17) is 0 Å². The van der Waals surface area contributed by atoms with Gasteiger partial charge in [-0.1, -0.05) is 82.7 Å². The smallest absolute Gasteiger partial charge is 0.241 e. The first-order valence-corrected chi connectivity index (χ1v) is 10.4. The number of nitrogens with one attached hydrogen (secondary N) is 1. The zero-order valence-electron chi connectivity index (χ0n) is 16.3. The minimum Gasteiger partial charge on any atom is -0.250 e. The third kappa shape index (κ3) is 7.05. The van der Waals surface area contributed by atoms with Crippen molar-refractivity contribution in [3.63, 3.8) is 0 Å². The molecule has 2 nitrogen and oxygen atoms in total. The summed E-state index contributed by atoms with van der Waals surface area (Å²) in [7, 11) is 0. The second-order valence-electron chi connectivity index (χ2n) is 7.42. The number of hydrogen-bond acceptors (Lipinski definition) is 0. The van der Waals surface area contributed by atoms with Gasteiger partial charge in [0, 0.05) is 5.92 Å². The Balaban J connectivity index is 2.09. The molecule has 138 valence electrons. The van der Waals surface area contributed by atoms with Crippen molar-refractivity contribution < 1.29 is 4.57 Å². The minimum atomic E-state index is 0.611. The molecule has 0 bridgehead atoms. The lowest BCUT2D eigenvalue weighted by Crippen LogP contribution is -2.42. The summed E-state index contributed by atoms with van der Waals surface area (Å²) in [6.45, 7) is 4.59. The van der Waals surface area contributed by atoms with Gasteiger partial charge in [0.25, 0.3) is 0 Å². The number of aromatic amines is 1. The zero-order chi connectivity index (χ0) is 17.7. The van der Waals surface area contributed by atoms with Crippen LogP contribution in [-0.2, 0) is 6.42 Å². The maximum atomic E-state index is 3.26. The fraction of sp³-hybridized carbons (Fsp3) is 0.609. The molecule has 1 heterocycles. The van der Waals surface area contributed by atoms with Crippen LogP contribution in [0.1, 0.15) is 83.2 Å². The molecular formula is C23H37N2+. The molecule has 2 atom stereocenters. The molecule has 0 saturated heterocycles. The van der Waals surface area contributed by atoms with Crippen molar-refractivity contribution in [2.24, 2.45) is 5.92 Å². The van der Waals surface area contributed by atoms with E-state index in [0.717, 1.165) is 5.92 Å². The standard InChI is InChI=1S/C23H36N2/c1-3-5-7-12-16-23(25-18-17-24-20-25)22(15-9-6-4-2)19-21-13-10-8-11-14-21/h8,10-11,13-14,17-18,20,22-23H,3-7,9,12,15-16,19H2,1-2H3/p+1. The lowest BCUT2D eigenvalue weighted by atomic mass is 9.84. The number of nitrogens with zero attached hydrogens (tertiary/aromatic N) is 1. The molecule has 2 unspecified atom stereocenters. The lowest BCUT2D eigenvalue weighted by Gasteiger charge is -2.25. The maximum absolute atomic E-state index is 3.26. The van der Waals surface area contributed by atoms with Crippen molar-refractivity contribution in [2.75, 3.05) is 0 Å². The van der Waals surface area contributed by atoms with Gasteiger partial charge in [0.1, 0.15) is 18.4 Å². The predicted octanol–water partition coefficient (Wildman–Crippen LogP) is 6.25. The zero-order valence-corrected chi connectivity index (χ0v) is 16.3. The highest BCUT2D eigenvalue weighted by Gasteiger charge is 2.26. The van der Waals surface area contributed by atoms with Gasteiger partial charge in [0.2, 0.25) is 6.33 Å². The van der Waals surface area contributed by atoms with Crippen LogP contribution in [0.25, 0.3) is 0 Å². The molecule has 2 rings (SSSR count). The summed E-state index contributed by atoms with van der Waals surface area (Å²) in [6, 6.07) is 11.7. The van der Waals surface area contributed by atoms with Gasteiger partial charge in [0.05, 0.1) is 0 Å². The second-order valence-corrected chi connectivity index (χ2v) is 7.42. The van der Waals surface area contributed by atoms with Crippen LogP contribution in [0, 0.1) is 5.92 Å². The molecule has 0 fully saturated rings. The Morgan fingerprint density at radius 1 is 0.880 bits per heavy atom. The monoisotopic (exact) mass is 341 g/mol. The molecule has 2 heteroatoms. The second kappa shape index (κ2) is 11.9. The quantitative estimate of drug-likeness (QED) is 0.328. The van der Waals surface area contributed by atoms with E-state index in [0.29, 0.717) is 6.04 Å². The summed E-state index contributed by atoms with van der Waals surface area (Å²) in [5.74, 6) is 0.719. The van der Waals surface area contributed by atoms with Crippen LogP contribution in [0.15, 0.2) is 49.1 Å². The summed E-state index contributed by atoms with van der Waals surface area (Å²) < 4.78 is 2.44. The van der Waals surface area contributed by atoms with Crippen LogP contribution in [0.2, 0.25) is 0 Å². The van der Waals surface area contributed by atoms with Gasteiger partial charge in [-0.15, -0.1) is 0 Å². The summed E-state index contributed by atoms with van der Waals surface area (Å²) >= 11 is 0. The van der Waals surface area contributed by atoms with Crippen molar-refractivity contribution in [3.05, 3.63) is 54.6 Å². The lowest BCUT2D eigenvalue weighted by molar-refractivity contribution is -0.730. The van der Waals surface area contributed by atoms with Gasteiger partial charge in [-0.2, -0.15) is 0 Å². The molecule has 0 aliphatic carbocycles. The van der Waals surface area contributed by atoms with Gasteiger partial charge < -0.3 is 0 Å². The fourth-order valence-electron chi connectivity index (χ4n) is 3.92. The number of H-pyrrole nitrogens is 1. The Hall–Kier alpha value is -1.57. The molecule has 0 saturated carbocycles. The van der Waals surface area contributed by atoms with Crippen LogP contribution >= 0.6 is 0 Å². The highest BCUT2D eigenvalue weighted by atomic mass is 15.1. The van der Waals surface area contributed by atoms with E-state index in [-0.39, 0.29) is 0 Å². The third-order valence-electron chi connectivity index (χ3n) is 5.37. The average Bonchev–Trinajstić information content (AvgIpc) is 3.16. The van der Waals surface area contributed by atoms with Crippen LogP contribution in [0.5, 0.6) is 0 Å². The Morgan fingerprint density at radius 3 is 2.28 bits per heavy atom. The molecule has 1 aromatic heterocycles. The number of benzene rings is 1. The van der Waals surface area contributed by atoms with E-state index in [1.165, 1.54) is 69.8 Å². The van der Waals surface area contributed by atoms with Crippen LogP contribution < -0.4 is 4.57 Å². The summed E-state index contributed by atoms with van der Waals surface area (Å²) in [5, 5.41) is 0. The van der Waals surface area contributed by atoms with E-state index in [9.17, 15) is 0 Å². The molecular weight excluding hydrogens is 304 g/mol. The number of unbranched alkanes of at least 4 members (excludes halogenated alkanes) is 5. The molecule has 1 aromatic carbocycles. The average molecular weight is 342 g/mol. The van der Waals surface area contributed by atoms with Crippen molar-refractivity contribution >= 4 is 0 Å². The molecule has 2 aromatic rings. The largest absolute Gasteiger partial charge is 0.250 e. The van der Waals surface area contributed by atoms with E-state index in [2.05, 4.69) is 72.5 Å². The van der Waals surface area contributed by atoms with Crippen molar-refractivity contribution in [3.8, 4) is 0 Å². The van der Waals surface area contributed by atoms with E-state index in [1.54, 1.807) is 0 Å². The summed E-state index contributed by atoms with van der Waals surface area (Å²) in [4.78, 5) is 3.26. The van der Waals surface area contributed by atoms with Crippen molar-refractivity contribution in [1.82, 2.24) is 4.98 Å². The predicted molar refractivity (Wildman–Crippen MR) is 107 cm³/mol. The minimum absolute atomic E-state index is 0.611. The molecule has 0 radical (unpaired) electrons. The highest BCUT2D eigenvalue weighted by Crippen LogP contribution is 2.28. The highest BCUT2D eigenvalue weighted by molar-refractivity contribution is 5.15. The number of aromatic nitrogens is 2. The van der Waals surface area contributed by atoms with Crippen molar-refractivity contribution in [2.45, 2.75) is 84.1 Å². The first-order valence-electron chi connectivity index (χ1n) is 10.4. The van der Waals surface area contributed by atoms with E-state index in [1.807, 2.05) is 0 Å². The third-order valence-corrected chi connectivity index (χ3v) is 5.37. The van der Waals surface area contributed by atoms with Crippen molar-refractivity contribution in [1.29, 1.82) is 0 Å². The fourth-order valence-corrected chi connectivity index (χ4v) is 3.92. The van der Waals surface area contributed by atoms with Gasteiger partial charge in [0.15, 0.2) is 0 Å². The first-order chi connectivity index (χ1) is 12.3. The number of rotatable bonds is 13. The van der Waals surface area contributed by atoms with Crippen LogP contribution in [0.3, 0.4) is 0 Å². The van der Waals surface area contributed by atoms with Gasteiger partial charge in [-0.25, -0.2) is 4.57 Å². The van der Waals surface area contributed by atoms with Crippen LogP contribution in [0.4, 0.5) is 0 Å². The molecule has 0 spiro atoms. The SMILES string of the molecule is CCCCCCC(C(CCCCC)Cc1ccccc1)[n+]1cc[nH]c1. The van der Waals surface area contributed by atoms with Gasteiger partial charge >= 0.3 is 0 Å². The molecule has 0 aliphatic heterocycles. The normalized spacial score (nSPS) is 13.7. The number of hydrogen-bond donors (Lipinski definition) is 1. The van der Waals surface area contributed by atoms with Crippen LogP contribution in [-0.4, -0.2) is 4.98 Å². The van der Waals surface area contributed by atoms with Gasteiger partial charge in [-0.3, -0.25) is 4.98 Å². The maximum Gasteiger partial charge on any atom is 0.241 e. The molecule has 25 heavy (non-hydrogen) atoms. The topological polar surface area (TPSA) is 19.7 Å². The Labute approximate surface area is 154 Å². The Kier molecular flexibility index (Phi) is 9.40. The molecule has 0 aliphatic rings. The number of imidazole rings is 1. The van der Waals surface area contributed by atoms with Gasteiger partial charge in [-0.05, 0) is 31.2 Å². The summed E-state index contributed by atoms with van der Waals surface area (Å²) in [5.41, 5.74) is 1.48. The first kappa shape index (κ1) is 19.8. The summed E-state index contributed by atoms with van der Waals surface area (Å²) in [6.07, 6.45) is 19.7. The Morgan fingerprint density at radius 2 is 1.60 bits per heavy atom. The van der Waals surface area contributed by atoms with E-state index < -0.39 is 0 Å². The van der Waals surface area contributed by atoms with E-state index >= 15 is 0 Å². The molecule has 1 N–H and O–H groups in total. The molecule has 0 amide bonds. The Bertz CT molecular complexity index is 532.